The number of allylic oxidation sites excluding steroid dienone is 1. The van der Waals surface area contributed by atoms with Crippen LogP contribution in [0.1, 0.15) is 81.9 Å². The number of nitrogens with zero attached hydrogens (tertiary/aromatic N) is 4. The predicted molar refractivity (Wildman–Crippen MR) is 253 cm³/mol. The quantitative estimate of drug-likeness (QED) is 0.0910. The van der Waals surface area contributed by atoms with Gasteiger partial charge >= 0.3 is 0 Å². The Labute approximate surface area is 380 Å². The van der Waals surface area contributed by atoms with Gasteiger partial charge in [-0.05, 0) is 65.0 Å². The van der Waals surface area contributed by atoms with Crippen LogP contribution in [0.15, 0.2) is 107 Å². The number of aliphatic imine (C=N–C) groups is 1. The Morgan fingerprint density at radius 2 is 1.38 bits per heavy atom. The minimum absolute atomic E-state index is 0.0990. The number of hydrogen-bond acceptors (Lipinski definition) is 9. The minimum atomic E-state index is -0.732. The highest BCUT2D eigenvalue weighted by atomic mass is 32.1. The number of aromatic nitrogens is 2. The zero-order chi connectivity index (χ0) is 44.5. The summed E-state index contributed by atoms with van der Waals surface area (Å²) in [4.78, 5) is 68.3. The van der Waals surface area contributed by atoms with Crippen LogP contribution in [0.5, 0.6) is 0 Å². The van der Waals surface area contributed by atoms with Gasteiger partial charge in [-0.15, -0.1) is 22.7 Å². The van der Waals surface area contributed by atoms with Crippen molar-refractivity contribution in [2.45, 2.75) is 77.0 Å². The number of fused-ring (bicyclic) bond motifs is 1. The van der Waals surface area contributed by atoms with Crippen LogP contribution in [0.3, 0.4) is 0 Å². The Morgan fingerprint density at radius 3 is 1.98 bits per heavy atom. The van der Waals surface area contributed by atoms with E-state index in [1.54, 1.807) is 27.6 Å². The van der Waals surface area contributed by atoms with Crippen molar-refractivity contribution in [1.82, 2.24) is 30.4 Å². The number of H-pyrrole nitrogens is 1. The fourth-order valence-corrected chi connectivity index (χ4v) is 11.8. The summed E-state index contributed by atoms with van der Waals surface area (Å²) < 4.78 is 2.51. The molecule has 0 bridgehead atoms. The maximum absolute atomic E-state index is 13.9. The standard InChI is InChI=1S/C50H51N7O5S2/c1-29(2)44(55-43(60)26-58)49(61)57-22-8-12-42(57)48-52-25-40(54-48)34-19-17-33(18-20-34)38-28-64-46-37(27-63-47(38)46)32-15-13-31(14-16-32)36-23-39(51-24-36)41-11-7-21-56(41)50(62)45(53-30(3)59)35-9-5-4-6-10-35/h4-6,9-10,13-20,24-25,27-29,41-42,44-45,58H,7-8,11-12,21-23,26H2,1-3H3,(H,52,54)(H,53,59)(H,55,60)/t41?,42-,44-,45+/m0/s1. The first kappa shape index (κ1) is 43.1. The van der Waals surface area contributed by atoms with Gasteiger partial charge in [-0.25, -0.2) is 4.98 Å². The molecule has 0 radical (unpaired) electrons. The van der Waals surface area contributed by atoms with Gasteiger partial charge in [-0.3, -0.25) is 24.2 Å². The molecular weight excluding hydrogens is 843 g/mol. The average Bonchev–Trinajstić information content (AvgIpc) is 4.17. The first-order valence-electron chi connectivity index (χ1n) is 21.9. The zero-order valence-electron chi connectivity index (χ0n) is 36.0. The summed E-state index contributed by atoms with van der Waals surface area (Å²) >= 11 is 3.51. The van der Waals surface area contributed by atoms with Gasteiger partial charge in [0, 0.05) is 60.2 Å². The van der Waals surface area contributed by atoms with Crippen molar-refractivity contribution in [2.75, 3.05) is 19.7 Å². The van der Waals surface area contributed by atoms with Crippen LogP contribution in [0, 0.1) is 5.92 Å². The molecule has 0 aliphatic carbocycles. The van der Waals surface area contributed by atoms with Gasteiger partial charge < -0.3 is 30.5 Å². The lowest BCUT2D eigenvalue weighted by atomic mass is 9.96. The van der Waals surface area contributed by atoms with Crippen LogP contribution in [-0.2, 0) is 19.2 Å². The van der Waals surface area contributed by atoms with Crippen molar-refractivity contribution in [2.24, 2.45) is 10.9 Å². The van der Waals surface area contributed by atoms with E-state index in [-0.39, 0.29) is 35.7 Å². The molecule has 0 saturated carbocycles. The van der Waals surface area contributed by atoms with Crippen LogP contribution >= 0.6 is 22.7 Å². The molecular formula is C50H51N7O5S2. The van der Waals surface area contributed by atoms with Crippen LogP contribution < -0.4 is 10.6 Å². The molecule has 6 aromatic rings. The van der Waals surface area contributed by atoms with Crippen molar-refractivity contribution in [1.29, 1.82) is 0 Å². The molecule has 3 aliphatic rings. The molecule has 9 rings (SSSR count). The molecule has 328 valence electrons. The Balaban J connectivity index is 0.847. The third kappa shape index (κ3) is 8.57. The van der Waals surface area contributed by atoms with Crippen LogP contribution in [0.25, 0.3) is 48.5 Å². The Bertz CT molecular complexity index is 2750. The number of carbonyl (C=O) groups excluding carboxylic acids is 4. The lowest BCUT2D eigenvalue weighted by Crippen LogP contribution is -2.51. The Hall–Kier alpha value is -6.22. The van der Waals surface area contributed by atoms with E-state index in [0.29, 0.717) is 19.5 Å². The molecule has 1 unspecified atom stereocenters. The van der Waals surface area contributed by atoms with E-state index in [1.807, 2.05) is 61.5 Å². The van der Waals surface area contributed by atoms with E-state index in [4.69, 9.17) is 9.98 Å². The third-order valence-corrected chi connectivity index (χ3v) is 14.8. The summed E-state index contributed by atoms with van der Waals surface area (Å²) in [7, 11) is 0. The smallest absolute Gasteiger partial charge is 0.250 e. The number of likely N-dealkylation sites (tertiary alicyclic amines) is 2. The molecule has 6 heterocycles. The SMILES string of the molecule is CC(=O)N[C@@H](C(=O)N1CCCC1C1=NC=C(c2ccc(-c3csc4c(-c5ccc(-c6cnc([C@@H]7CCCN7C(=O)[C@@H](NC(=O)CO)C(C)C)[nH]6)cc5)csc34)cc2)C1)c1ccccc1. The van der Waals surface area contributed by atoms with Gasteiger partial charge in [0.05, 0.1) is 33.4 Å². The van der Waals surface area contributed by atoms with Gasteiger partial charge in [0.15, 0.2) is 0 Å². The lowest BCUT2D eigenvalue weighted by molar-refractivity contribution is -0.139. The summed E-state index contributed by atoms with van der Waals surface area (Å²) in [5.41, 5.74) is 10.6. The largest absolute Gasteiger partial charge is 0.387 e. The highest BCUT2D eigenvalue weighted by molar-refractivity contribution is 7.27. The Kier molecular flexibility index (Phi) is 12.4. The predicted octanol–water partition coefficient (Wildman–Crippen LogP) is 8.54. The number of hydrogen-bond donors (Lipinski definition) is 4. The van der Waals surface area contributed by atoms with E-state index in [2.05, 4.69) is 74.9 Å². The van der Waals surface area contributed by atoms with Gasteiger partial charge in [0.2, 0.25) is 23.6 Å². The third-order valence-electron chi connectivity index (χ3n) is 12.6. The van der Waals surface area contributed by atoms with Crippen LogP contribution in [-0.4, -0.2) is 86.0 Å². The highest BCUT2D eigenvalue weighted by Gasteiger charge is 2.39. The van der Waals surface area contributed by atoms with Crippen molar-refractivity contribution >= 4 is 67.0 Å². The van der Waals surface area contributed by atoms with E-state index < -0.39 is 24.6 Å². The van der Waals surface area contributed by atoms with Crippen molar-refractivity contribution < 1.29 is 24.3 Å². The number of imidazole rings is 1. The number of aliphatic hydroxyl groups excluding tert-OH is 1. The average molecular weight is 894 g/mol. The molecule has 14 heteroatoms. The molecule has 0 spiro atoms. The van der Waals surface area contributed by atoms with E-state index >= 15 is 0 Å². The van der Waals surface area contributed by atoms with Gasteiger partial charge in [0.1, 0.15) is 24.5 Å². The van der Waals surface area contributed by atoms with Gasteiger partial charge in [-0.2, -0.15) is 0 Å². The zero-order valence-corrected chi connectivity index (χ0v) is 37.7. The molecule has 2 fully saturated rings. The second-order valence-corrected chi connectivity index (χ2v) is 18.9. The highest BCUT2D eigenvalue weighted by Crippen LogP contribution is 2.45. The molecule has 4 amide bonds. The normalized spacial score (nSPS) is 18.3. The maximum atomic E-state index is 13.9. The maximum Gasteiger partial charge on any atom is 0.250 e. The van der Waals surface area contributed by atoms with Crippen molar-refractivity contribution in [3.8, 4) is 33.5 Å². The number of amides is 4. The summed E-state index contributed by atoms with van der Waals surface area (Å²) in [5, 5.41) is 19.3. The Morgan fingerprint density at radius 1 is 0.781 bits per heavy atom. The fraction of sp³-hybridized carbons (Fsp3) is 0.320. The van der Waals surface area contributed by atoms with Crippen molar-refractivity contribution in [3.63, 3.8) is 0 Å². The molecule has 12 nitrogen and oxygen atoms in total. The number of thiophene rings is 2. The summed E-state index contributed by atoms with van der Waals surface area (Å²) in [6.07, 6.45) is 7.78. The topological polar surface area (TPSA) is 160 Å². The second kappa shape index (κ2) is 18.5. The number of nitrogens with one attached hydrogen (secondary N) is 3. The number of benzene rings is 3. The number of aromatic amines is 1. The molecule has 2 saturated heterocycles. The second-order valence-electron chi connectivity index (χ2n) is 17.1. The molecule has 64 heavy (non-hydrogen) atoms. The number of rotatable bonds is 13. The minimum Gasteiger partial charge on any atom is -0.387 e. The number of carbonyl (C=O) groups is 4. The summed E-state index contributed by atoms with van der Waals surface area (Å²) in [6.45, 7) is 5.77. The van der Waals surface area contributed by atoms with Gasteiger partial charge in [0.25, 0.3) is 0 Å². The molecule has 3 aromatic heterocycles. The summed E-state index contributed by atoms with van der Waals surface area (Å²) in [6, 6.07) is 24.8. The fourth-order valence-electron chi connectivity index (χ4n) is 9.30. The van der Waals surface area contributed by atoms with Crippen LogP contribution in [0.4, 0.5) is 0 Å². The van der Waals surface area contributed by atoms with E-state index in [0.717, 1.165) is 76.3 Å². The van der Waals surface area contributed by atoms with Gasteiger partial charge in [-0.1, -0.05) is 92.7 Å². The molecule has 3 aromatic carbocycles. The first-order valence-corrected chi connectivity index (χ1v) is 23.7. The van der Waals surface area contributed by atoms with E-state index in [1.165, 1.54) is 27.5 Å². The lowest BCUT2D eigenvalue weighted by Gasteiger charge is -2.30. The molecule has 4 atom stereocenters. The van der Waals surface area contributed by atoms with E-state index in [9.17, 15) is 24.3 Å². The first-order chi connectivity index (χ1) is 31.1. The van der Waals surface area contributed by atoms with Crippen molar-refractivity contribution in [3.05, 3.63) is 119 Å². The van der Waals surface area contributed by atoms with Crippen LogP contribution in [0.2, 0.25) is 0 Å². The molecule has 3 aliphatic heterocycles. The summed E-state index contributed by atoms with van der Waals surface area (Å²) in [5.74, 6) is -0.472. The monoisotopic (exact) mass is 893 g/mol. The molecule has 4 N–H and O–H groups in total. The number of aliphatic hydroxyl groups is 1.